The molecule has 1 aromatic rings. The first kappa shape index (κ1) is 11.3. The molecule has 0 aliphatic rings. The highest BCUT2D eigenvalue weighted by Crippen LogP contribution is 2.01. The Kier molecular flexibility index (Phi) is 3.93. The number of pyridine rings is 1. The van der Waals surface area contributed by atoms with Crippen LogP contribution < -0.4 is 5.73 Å². The lowest BCUT2D eigenvalue weighted by Crippen LogP contribution is -2.35. The maximum absolute atomic E-state index is 11.2. The standard InChI is InChI=1S/C10H12N2O3/c1-7(13)15-10(14)9(11)6-8-2-4-12-5-3-8/h2-5,9H,6,11H2,1H3. The van der Waals surface area contributed by atoms with Gasteiger partial charge in [0.1, 0.15) is 6.04 Å². The Balaban J connectivity index is 2.52. The van der Waals surface area contributed by atoms with Gasteiger partial charge in [0, 0.05) is 19.3 Å². The van der Waals surface area contributed by atoms with E-state index >= 15 is 0 Å². The number of nitrogens with zero attached hydrogens (tertiary/aromatic N) is 1. The highest BCUT2D eigenvalue weighted by molar-refractivity contribution is 5.87. The second kappa shape index (κ2) is 5.21. The molecule has 0 saturated carbocycles. The Bertz CT molecular complexity index is 351. The molecular weight excluding hydrogens is 196 g/mol. The Morgan fingerprint density at radius 1 is 1.47 bits per heavy atom. The molecule has 5 heteroatoms. The molecule has 0 saturated heterocycles. The summed E-state index contributed by atoms with van der Waals surface area (Å²) in [5.74, 6) is -1.36. The molecule has 1 heterocycles. The van der Waals surface area contributed by atoms with Gasteiger partial charge in [0.25, 0.3) is 0 Å². The number of esters is 2. The van der Waals surface area contributed by atoms with Crippen LogP contribution in [-0.4, -0.2) is 23.0 Å². The Hall–Kier alpha value is -1.75. The lowest BCUT2D eigenvalue weighted by Gasteiger charge is -2.08. The zero-order valence-electron chi connectivity index (χ0n) is 8.34. The molecule has 0 fully saturated rings. The largest absolute Gasteiger partial charge is 0.392 e. The summed E-state index contributed by atoms with van der Waals surface area (Å²) >= 11 is 0. The minimum atomic E-state index is -0.823. The molecular formula is C10H12N2O3. The van der Waals surface area contributed by atoms with Crippen LogP contribution in [0.1, 0.15) is 12.5 Å². The van der Waals surface area contributed by atoms with Gasteiger partial charge < -0.3 is 10.5 Å². The van der Waals surface area contributed by atoms with E-state index in [0.29, 0.717) is 6.42 Å². The summed E-state index contributed by atoms with van der Waals surface area (Å²) in [6, 6.07) is 2.68. The molecule has 0 aromatic carbocycles. The van der Waals surface area contributed by atoms with Gasteiger partial charge in [0.05, 0.1) is 0 Å². The van der Waals surface area contributed by atoms with Crippen LogP contribution in [0, 0.1) is 0 Å². The van der Waals surface area contributed by atoms with Crippen LogP contribution in [-0.2, 0) is 20.7 Å². The van der Waals surface area contributed by atoms with Crippen molar-refractivity contribution in [1.29, 1.82) is 0 Å². The van der Waals surface area contributed by atoms with Crippen molar-refractivity contribution in [1.82, 2.24) is 4.98 Å². The van der Waals surface area contributed by atoms with Gasteiger partial charge in [0.15, 0.2) is 0 Å². The molecule has 2 N–H and O–H groups in total. The van der Waals surface area contributed by atoms with Gasteiger partial charge in [-0.2, -0.15) is 0 Å². The van der Waals surface area contributed by atoms with E-state index < -0.39 is 18.0 Å². The highest BCUT2D eigenvalue weighted by Gasteiger charge is 2.17. The first-order valence-corrected chi connectivity index (χ1v) is 4.46. The zero-order chi connectivity index (χ0) is 11.3. The van der Waals surface area contributed by atoms with Crippen molar-refractivity contribution >= 4 is 11.9 Å². The third kappa shape index (κ3) is 3.86. The van der Waals surface area contributed by atoms with E-state index in [-0.39, 0.29) is 0 Å². The van der Waals surface area contributed by atoms with E-state index in [4.69, 9.17) is 5.73 Å². The molecule has 1 atom stereocenters. The maximum atomic E-state index is 11.2. The predicted molar refractivity (Wildman–Crippen MR) is 52.7 cm³/mol. The Morgan fingerprint density at radius 3 is 2.60 bits per heavy atom. The van der Waals surface area contributed by atoms with E-state index in [2.05, 4.69) is 9.72 Å². The van der Waals surface area contributed by atoms with Crippen LogP contribution in [0.4, 0.5) is 0 Å². The first-order chi connectivity index (χ1) is 7.09. The van der Waals surface area contributed by atoms with Crippen molar-refractivity contribution < 1.29 is 14.3 Å². The van der Waals surface area contributed by atoms with E-state index in [1.165, 1.54) is 0 Å². The van der Waals surface area contributed by atoms with Gasteiger partial charge in [0.2, 0.25) is 0 Å². The number of rotatable bonds is 3. The van der Waals surface area contributed by atoms with Gasteiger partial charge >= 0.3 is 11.9 Å². The summed E-state index contributed by atoms with van der Waals surface area (Å²) in [5.41, 5.74) is 6.42. The molecule has 15 heavy (non-hydrogen) atoms. The number of hydrogen-bond donors (Lipinski definition) is 1. The fourth-order valence-electron chi connectivity index (χ4n) is 1.07. The number of hydrogen-bond acceptors (Lipinski definition) is 5. The average molecular weight is 208 g/mol. The number of carbonyl (C=O) groups excluding carboxylic acids is 2. The van der Waals surface area contributed by atoms with Crippen molar-refractivity contribution in [2.75, 3.05) is 0 Å². The van der Waals surface area contributed by atoms with Crippen LogP contribution in [0.2, 0.25) is 0 Å². The van der Waals surface area contributed by atoms with E-state index in [0.717, 1.165) is 12.5 Å². The summed E-state index contributed by atoms with van der Waals surface area (Å²) in [6.07, 6.45) is 3.55. The fraction of sp³-hybridized carbons (Fsp3) is 0.300. The molecule has 5 nitrogen and oxygen atoms in total. The molecule has 1 rings (SSSR count). The monoisotopic (exact) mass is 208 g/mol. The van der Waals surface area contributed by atoms with Crippen LogP contribution in [0.25, 0.3) is 0 Å². The third-order valence-corrected chi connectivity index (χ3v) is 1.75. The minimum absolute atomic E-state index is 0.328. The summed E-state index contributed by atoms with van der Waals surface area (Å²) in [4.78, 5) is 25.5. The molecule has 0 aliphatic heterocycles. The normalized spacial score (nSPS) is 11.9. The number of aromatic nitrogens is 1. The molecule has 1 aromatic heterocycles. The maximum Gasteiger partial charge on any atom is 0.330 e. The number of nitrogens with two attached hydrogens (primary N) is 1. The first-order valence-electron chi connectivity index (χ1n) is 4.46. The molecule has 1 unspecified atom stereocenters. The smallest absolute Gasteiger partial charge is 0.330 e. The summed E-state index contributed by atoms with van der Waals surface area (Å²) in [7, 11) is 0. The van der Waals surface area contributed by atoms with Crippen LogP contribution >= 0.6 is 0 Å². The molecule has 0 amide bonds. The number of carbonyl (C=O) groups is 2. The van der Waals surface area contributed by atoms with Gasteiger partial charge in [-0.05, 0) is 24.1 Å². The van der Waals surface area contributed by atoms with Gasteiger partial charge in [-0.15, -0.1) is 0 Å². The summed E-state index contributed by atoms with van der Waals surface area (Å²) in [5, 5.41) is 0. The van der Waals surface area contributed by atoms with Crippen LogP contribution in [0.15, 0.2) is 24.5 Å². The quantitative estimate of drug-likeness (QED) is 0.560. The van der Waals surface area contributed by atoms with Gasteiger partial charge in [-0.1, -0.05) is 0 Å². The minimum Gasteiger partial charge on any atom is -0.392 e. The van der Waals surface area contributed by atoms with Crippen LogP contribution in [0.5, 0.6) is 0 Å². The molecule has 0 bridgehead atoms. The molecule has 0 radical (unpaired) electrons. The fourth-order valence-corrected chi connectivity index (χ4v) is 1.07. The van der Waals surface area contributed by atoms with Crippen molar-refractivity contribution in [3.63, 3.8) is 0 Å². The lowest BCUT2D eigenvalue weighted by atomic mass is 10.1. The summed E-state index contributed by atoms with van der Waals surface area (Å²) < 4.78 is 4.37. The van der Waals surface area contributed by atoms with Gasteiger partial charge in [-0.25, -0.2) is 4.79 Å². The topological polar surface area (TPSA) is 82.3 Å². The average Bonchev–Trinajstić information content (AvgIpc) is 2.18. The third-order valence-electron chi connectivity index (χ3n) is 1.75. The van der Waals surface area contributed by atoms with Crippen molar-refractivity contribution in [2.24, 2.45) is 5.73 Å². The summed E-state index contributed by atoms with van der Waals surface area (Å²) in [6.45, 7) is 1.16. The van der Waals surface area contributed by atoms with Crippen molar-refractivity contribution in [3.8, 4) is 0 Å². The predicted octanol–water partition coefficient (Wildman–Crippen LogP) is 0.0411. The highest BCUT2D eigenvalue weighted by atomic mass is 16.6. The lowest BCUT2D eigenvalue weighted by molar-refractivity contribution is -0.159. The number of ether oxygens (including phenoxy) is 1. The van der Waals surface area contributed by atoms with E-state index in [1.807, 2.05) is 0 Å². The Morgan fingerprint density at radius 2 is 2.07 bits per heavy atom. The van der Waals surface area contributed by atoms with Crippen LogP contribution in [0.3, 0.4) is 0 Å². The second-order valence-electron chi connectivity index (χ2n) is 3.08. The SMILES string of the molecule is CC(=O)OC(=O)C(N)Cc1ccncc1. The zero-order valence-corrected chi connectivity index (χ0v) is 8.34. The van der Waals surface area contributed by atoms with Gasteiger partial charge in [-0.3, -0.25) is 9.78 Å². The van der Waals surface area contributed by atoms with E-state index in [1.54, 1.807) is 24.5 Å². The molecule has 80 valence electrons. The Labute approximate surface area is 87.3 Å². The van der Waals surface area contributed by atoms with Crippen molar-refractivity contribution in [3.05, 3.63) is 30.1 Å². The second-order valence-corrected chi connectivity index (χ2v) is 3.08. The molecule has 0 aliphatic carbocycles. The van der Waals surface area contributed by atoms with E-state index in [9.17, 15) is 9.59 Å². The molecule has 0 spiro atoms. The van der Waals surface area contributed by atoms with Crippen molar-refractivity contribution in [2.45, 2.75) is 19.4 Å².